The van der Waals surface area contributed by atoms with Gasteiger partial charge in [0, 0.05) is 11.9 Å². The lowest BCUT2D eigenvalue weighted by Crippen LogP contribution is -2.20. The predicted molar refractivity (Wildman–Crippen MR) is 77.7 cm³/mol. The molecule has 0 radical (unpaired) electrons. The Kier molecular flexibility index (Phi) is 4.08. The average Bonchev–Trinajstić information content (AvgIpc) is 2.88. The summed E-state index contributed by atoms with van der Waals surface area (Å²) >= 11 is 0. The fourth-order valence-corrected chi connectivity index (χ4v) is 1.61. The summed E-state index contributed by atoms with van der Waals surface area (Å²) < 4.78 is 6.94. The summed E-state index contributed by atoms with van der Waals surface area (Å²) in [5.41, 5.74) is 7.48. The van der Waals surface area contributed by atoms with Gasteiger partial charge >= 0.3 is 5.97 Å². The standard InChI is InChI=1S/C15H19N3O2/c1-10(2)11(3)20-15(19)14-7-8-18(17-14)13-6-4-5-12(16)9-13/h4-11H,16H2,1-3H3. The first-order valence-corrected chi connectivity index (χ1v) is 6.60. The molecule has 0 aliphatic heterocycles. The van der Waals surface area contributed by atoms with E-state index < -0.39 is 5.97 Å². The van der Waals surface area contributed by atoms with Crippen LogP contribution in [0, 0.1) is 5.92 Å². The van der Waals surface area contributed by atoms with Gasteiger partial charge in [-0.2, -0.15) is 5.10 Å². The number of carbonyl (C=O) groups excluding carboxylic acids is 1. The van der Waals surface area contributed by atoms with Crippen LogP contribution in [-0.2, 0) is 4.74 Å². The van der Waals surface area contributed by atoms with E-state index in [4.69, 9.17) is 10.5 Å². The summed E-state index contributed by atoms with van der Waals surface area (Å²) in [6.07, 6.45) is 1.57. The molecule has 1 atom stereocenters. The van der Waals surface area contributed by atoms with Crippen molar-refractivity contribution in [3.63, 3.8) is 0 Å². The Bertz CT molecular complexity index is 605. The van der Waals surface area contributed by atoms with Crippen molar-refractivity contribution in [2.45, 2.75) is 26.9 Å². The smallest absolute Gasteiger partial charge is 0.359 e. The zero-order chi connectivity index (χ0) is 14.7. The molecule has 0 fully saturated rings. The summed E-state index contributed by atoms with van der Waals surface area (Å²) in [7, 11) is 0. The number of hydrogen-bond donors (Lipinski definition) is 1. The molecule has 5 heteroatoms. The highest BCUT2D eigenvalue weighted by atomic mass is 16.5. The van der Waals surface area contributed by atoms with E-state index in [0.717, 1.165) is 5.69 Å². The zero-order valence-corrected chi connectivity index (χ0v) is 11.9. The summed E-state index contributed by atoms with van der Waals surface area (Å²) in [5, 5.41) is 4.22. The number of rotatable bonds is 4. The molecular formula is C15H19N3O2. The molecule has 5 nitrogen and oxygen atoms in total. The Morgan fingerprint density at radius 1 is 1.30 bits per heavy atom. The highest BCUT2D eigenvalue weighted by Crippen LogP contribution is 2.13. The second kappa shape index (κ2) is 5.77. The minimum Gasteiger partial charge on any atom is -0.458 e. The molecule has 0 saturated heterocycles. The number of nitrogens with two attached hydrogens (primary N) is 1. The van der Waals surface area contributed by atoms with Crippen molar-refractivity contribution in [3.05, 3.63) is 42.2 Å². The second-order valence-electron chi connectivity index (χ2n) is 5.09. The quantitative estimate of drug-likeness (QED) is 0.686. The van der Waals surface area contributed by atoms with E-state index in [2.05, 4.69) is 5.10 Å². The van der Waals surface area contributed by atoms with Crippen LogP contribution in [0.1, 0.15) is 31.3 Å². The van der Waals surface area contributed by atoms with Gasteiger partial charge in [-0.3, -0.25) is 0 Å². The van der Waals surface area contributed by atoms with Crippen LogP contribution >= 0.6 is 0 Å². The molecule has 0 aliphatic carbocycles. The van der Waals surface area contributed by atoms with Gasteiger partial charge in [0.2, 0.25) is 0 Å². The van der Waals surface area contributed by atoms with Gasteiger partial charge < -0.3 is 10.5 Å². The Morgan fingerprint density at radius 3 is 2.70 bits per heavy atom. The molecule has 20 heavy (non-hydrogen) atoms. The lowest BCUT2D eigenvalue weighted by molar-refractivity contribution is 0.0230. The maximum atomic E-state index is 11.9. The minimum absolute atomic E-state index is 0.139. The third-order valence-electron chi connectivity index (χ3n) is 3.16. The minimum atomic E-state index is -0.408. The molecule has 1 aromatic carbocycles. The van der Waals surface area contributed by atoms with Crippen LogP contribution < -0.4 is 5.73 Å². The van der Waals surface area contributed by atoms with Gasteiger partial charge in [0.05, 0.1) is 5.69 Å². The molecule has 1 heterocycles. The van der Waals surface area contributed by atoms with Crippen molar-refractivity contribution >= 4 is 11.7 Å². The van der Waals surface area contributed by atoms with Gasteiger partial charge in [-0.25, -0.2) is 9.48 Å². The van der Waals surface area contributed by atoms with E-state index in [1.54, 1.807) is 29.1 Å². The largest absolute Gasteiger partial charge is 0.458 e. The van der Waals surface area contributed by atoms with Gasteiger partial charge in [0.15, 0.2) is 5.69 Å². The lowest BCUT2D eigenvalue weighted by atomic mass is 10.1. The molecular weight excluding hydrogens is 254 g/mol. The number of carbonyl (C=O) groups is 1. The van der Waals surface area contributed by atoms with Crippen molar-refractivity contribution in [2.24, 2.45) is 5.92 Å². The monoisotopic (exact) mass is 273 g/mol. The zero-order valence-electron chi connectivity index (χ0n) is 11.9. The van der Waals surface area contributed by atoms with Crippen molar-refractivity contribution in [2.75, 3.05) is 5.73 Å². The van der Waals surface area contributed by atoms with E-state index in [9.17, 15) is 4.79 Å². The number of aromatic nitrogens is 2. The number of ether oxygens (including phenoxy) is 1. The fourth-order valence-electron chi connectivity index (χ4n) is 1.61. The normalized spacial score (nSPS) is 12.4. The van der Waals surface area contributed by atoms with Crippen molar-refractivity contribution in [1.82, 2.24) is 9.78 Å². The highest BCUT2D eigenvalue weighted by Gasteiger charge is 2.17. The average molecular weight is 273 g/mol. The third-order valence-corrected chi connectivity index (χ3v) is 3.16. The van der Waals surface area contributed by atoms with Crippen molar-refractivity contribution in [1.29, 1.82) is 0 Å². The van der Waals surface area contributed by atoms with Crippen LogP contribution in [0.4, 0.5) is 5.69 Å². The van der Waals surface area contributed by atoms with Gasteiger partial charge in [-0.1, -0.05) is 19.9 Å². The molecule has 0 saturated carbocycles. The van der Waals surface area contributed by atoms with Gasteiger partial charge in [0.25, 0.3) is 0 Å². The van der Waals surface area contributed by atoms with E-state index in [1.165, 1.54) is 0 Å². The molecule has 0 spiro atoms. The maximum Gasteiger partial charge on any atom is 0.359 e. The molecule has 0 aliphatic rings. The van der Waals surface area contributed by atoms with Crippen LogP contribution in [0.15, 0.2) is 36.5 Å². The molecule has 2 rings (SSSR count). The van der Waals surface area contributed by atoms with Crippen LogP contribution in [0.3, 0.4) is 0 Å². The fraction of sp³-hybridized carbons (Fsp3) is 0.333. The Morgan fingerprint density at radius 2 is 2.05 bits per heavy atom. The van der Waals surface area contributed by atoms with Crippen LogP contribution in [0.25, 0.3) is 5.69 Å². The third kappa shape index (κ3) is 3.17. The second-order valence-corrected chi connectivity index (χ2v) is 5.09. The van der Waals surface area contributed by atoms with Crippen LogP contribution in [0.5, 0.6) is 0 Å². The number of nitrogen functional groups attached to an aromatic ring is 1. The predicted octanol–water partition coefficient (Wildman–Crippen LogP) is 2.66. The summed E-state index contributed by atoms with van der Waals surface area (Å²) in [5.74, 6) is -0.135. The number of benzene rings is 1. The topological polar surface area (TPSA) is 70.1 Å². The van der Waals surface area contributed by atoms with Gasteiger partial charge in [-0.05, 0) is 37.1 Å². The van der Waals surface area contributed by atoms with E-state index >= 15 is 0 Å². The van der Waals surface area contributed by atoms with Crippen molar-refractivity contribution in [3.8, 4) is 5.69 Å². The first kappa shape index (κ1) is 14.1. The number of hydrogen-bond acceptors (Lipinski definition) is 4. The molecule has 1 unspecified atom stereocenters. The van der Waals surface area contributed by atoms with Crippen molar-refractivity contribution < 1.29 is 9.53 Å². The highest BCUT2D eigenvalue weighted by molar-refractivity contribution is 5.87. The molecule has 0 amide bonds. The van der Waals surface area contributed by atoms with Crippen LogP contribution in [-0.4, -0.2) is 21.9 Å². The molecule has 2 aromatic rings. The van der Waals surface area contributed by atoms with E-state index in [1.807, 2.05) is 32.9 Å². The Hall–Kier alpha value is -2.30. The molecule has 106 valence electrons. The van der Waals surface area contributed by atoms with Gasteiger partial charge in [-0.15, -0.1) is 0 Å². The number of anilines is 1. The summed E-state index contributed by atoms with van der Waals surface area (Å²) in [4.78, 5) is 11.9. The Balaban J connectivity index is 2.15. The number of esters is 1. The van der Waals surface area contributed by atoms with E-state index in [-0.39, 0.29) is 12.0 Å². The maximum absolute atomic E-state index is 11.9. The SMILES string of the molecule is CC(C)C(C)OC(=O)c1ccn(-c2cccc(N)c2)n1. The first-order valence-electron chi connectivity index (χ1n) is 6.60. The van der Waals surface area contributed by atoms with Crippen LogP contribution in [0.2, 0.25) is 0 Å². The first-order chi connectivity index (χ1) is 9.47. The number of nitrogens with zero attached hydrogens (tertiary/aromatic N) is 2. The molecule has 2 N–H and O–H groups in total. The summed E-state index contributed by atoms with van der Waals surface area (Å²) in [6.45, 7) is 5.88. The lowest BCUT2D eigenvalue weighted by Gasteiger charge is -2.15. The molecule has 0 bridgehead atoms. The summed E-state index contributed by atoms with van der Waals surface area (Å²) in [6, 6.07) is 8.93. The van der Waals surface area contributed by atoms with E-state index in [0.29, 0.717) is 11.4 Å². The molecule has 1 aromatic heterocycles. The van der Waals surface area contributed by atoms with Gasteiger partial charge in [0.1, 0.15) is 6.10 Å². The Labute approximate surface area is 118 Å².